The molecule has 9 heteroatoms. The first kappa shape index (κ1) is 21.5. The van der Waals surface area contributed by atoms with Crippen LogP contribution in [-0.4, -0.2) is 33.0 Å². The number of fused-ring (bicyclic) bond motifs is 8. The minimum absolute atomic E-state index is 0.00457. The Morgan fingerprint density at radius 2 is 2.06 bits per heavy atom. The number of amides is 1. The molecule has 1 amide bonds. The largest absolute Gasteiger partial charge is 0.366 e. The summed E-state index contributed by atoms with van der Waals surface area (Å²) in [5.74, 6) is -0.170. The first-order chi connectivity index (χ1) is 17.0. The average molecular weight is 472 g/mol. The Hall–Kier alpha value is -4.01. The quantitative estimate of drug-likeness (QED) is 0.463. The number of piperidine rings is 1. The highest BCUT2D eigenvalue weighted by Crippen LogP contribution is 2.47. The van der Waals surface area contributed by atoms with Crippen molar-refractivity contribution in [1.82, 2.24) is 14.9 Å². The van der Waals surface area contributed by atoms with E-state index in [1.807, 2.05) is 34.9 Å². The number of nitrogens with zero attached hydrogens (tertiary/aromatic N) is 4. The molecule has 1 fully saturated rings. The molecule has 1 aromatic carbocycles. The van der Waals surface area contributed by atoms with E-state index in [9.17, 15) is 19.7 Å². The van der Waals surface area contributed by atoms with Gasteiger partial charge in [-0.3, -0.25) is 24.7 Å². The van der Waals surface area contributed by atoms with Crippen LogP contribution in [0.5, 0.6) is 0 Å². The minimum Gasteiger partial charge on any atom is -0.366 e. The number of hydrogen-bond acceptors (Lipinski definition) is 6. The van der Waals surface area contributed by atoms with Gasteiger partial charge in [0.15, 0.2) is 0 Å². The van der Waals surface area contributed by atoms with Crippen molar-refractivity contribution in [3.05, 3.63) is 98.2 Å². The van der Waals surface area contributed by atoms with Gasteiger partial charge in [-0.25, -0.2) is 0 Å². The van der Waals surface area contributed by atoms with Crippen molar-refractivity contribution >= 4 is 17.3 Å². The van der Waals surface area contributed by atoms with Crippen LogP contribution >= 0.6 is 0 Å². The van der Waals surface area contributed by atoms with Crippen LogP contribution in [0, 0.1) is 22.0 Å². The maximum Gasteiger partial charge on any atom is 0.269 e. The average Bonchev–Trinajstić information content (AvgIpc) is 2.87. The summed E-state index contributed by atoms with van der Waals surface area (Å²) in [7, 11) is 0. The Labute approximate surface area is 201 Å². The summed E-state index contributed by atoms with van der Waals surface area (Å²) >= 11 is 0. The van der Waals surface area contributed by atoms with E-state index < -0.39 is 4.92 Å². The van der Waals surface area contributed by atoms with Crippen LogP contribution in [-0.2, 0) is 24.3 Å². The number of rotatable bonds is 4. The number of carbonyl (C=O) groups excluding carboxylic acids is 1. The second-order valence-corrected chi connectivity index (χ2v) is 9.69. The lowest BCUT2D eigenvalue weighted by Crippen LogP contribution is -2.61. The molecule has 3 aliphatic rings. The zero-order chi connectivity index (χ0) is 24.1. The van der Waals surface area contributed by atoms with Crippen molar-refractivity contribution in [2.24, 2.45) is 11.8 Å². The Kier molecular flexibility index (Phi) is 5.12. The molecule has 0 saturated carbocycles. The highest BCUT2D eigenvalue weighted by atomic mass is 16.6. The molecule has 2 bridgehead atoms. The van der Waals surface area contributed by atoms with Gasteiger partial charge in [0, 0.05) is 73.6 Å². The molecule has 1 N–H and O–H groups in total. The van der Waals surface area contributed by atoms with E-state index in [1.54, 1.807) is 30.6 Å². The lowest BCUT2D eigenvalue weighted by molar-refractivity contribution is -0.384. The van der Waals surface area contributed by atoms with Gasteiger partial charge < -0.3 is 14.8 Å². The van der Waals surface area contributed by atoms with Gasteiger partial charge in [-0.15, -0.1) is 0 Å². The van der Waals surface area contributed by atoms with Gasteiger partial charge in [0.25, 0.3) is 11.2 Å². The number of nitrogens with one attached hydrogen (secondary N) is 1. The number of non-ortho nitro benzene ring substituents is 1. The number of aromatic nitrogens is 2. The molecule has 0 spiro atoms. The Bertz CT molecular complexity index is 1370. The van der Waals surface area contributed by atoms with E-state index in [-0.39, 0.29) is 40.9 Å². The third kappa shape index (κ3) is 3.67. The molecule has 3 unspecified atom stereocenters. The molecule has 3 aliphatic heterocycles. The van der Waals surface area contributed by atoms with Crippen LogP contribution in [0.3, 0.4) is 0 Å². The van der Waals surface area contributed by atoms with E-state index >= 15 is 0 Å². The monoisotopic (exact) mass is 471 g/mol. The number of anilines is 1. The van der Waals surface area contributed by atoms with E-state index in [0.29, 0.717) is 26.1 Å². The Balaban J connectivity index is 1.38. The van der Waals surface area contributed by atoms with Crippen molar-refractivity contribution in [1.29, 1.82) is 0 Å². The smallest absolute Gasteiger partial charge is 0.269 e. The summed E-state index contributed by atoms with van der Waals surface area (Å²) in [6, 6.07) is 14.0. The lowest BCUT2D eigenvalue weighted by atomic mass is 9.70. The molecule has 0 radical (unpaired) electrons. The molecule has 2 aromatic heterocycles. The summed E-state index contributed by atoms with van der Waals surface area (Å²) in [6.45, 7) is 1.61. The van der Waals surface area contributed by atoms with Gasteiger partial charge in [-0.1, -0.05) is 12.1 Å². The maximum absolute atomic E-state index is 13.6. The van der Waals surface area contributed by atoms with Crippen molar-refractivity contribution in [2.75, 3.05) is 11.4 Å². The third-order valence-corrected chi connectivity index (χ3v) is 7.73. The van der Waals surface area contributed by atoms with Gasteiger partial charge in [-0.2, -0.15) is 0 Å². The SMILES string of the molecule is O=C(NCc1cccnc1)[C@@H]1Cc2cc([N+](=O)[O-])ccc2N2CC3CC(Cn4c3cccc4=O)C12. The molecule has 3 aromatic rings. The number of hydrogen-bond donors (Lipinski definition) is 1. The van der Waals surface area contributed by atoms with Crippen LogP contribution < -0.4 is 15.8 Å². The van der Waals surface area contributed by atoms with Crippen molar-refractivity contribution in [2.45, 2.75) is 37.9 Å². The van der Waals surface area contributed by atoms with Crippen molar-refractivity contribution in [3.8, 4) is 0 Å². The number of pyridine rings is 2. The molecule has 9 nitrogen and oxygen atoms in total. The summed E-state index contributed by atoms with van der Waals surface area (Å²) in [4.78, 5) is 43.6. The van der Waals surface area contributed by atoms with Crippen LogP contribution in [0.1, 0.15) is 29.2 Å². The molecular weight excluding hydrogens is 446 g/mol. The van der Waals surface area contributed by atoms with E-state index in [1.165, 1.54) is 0 Å². The first-order valence-corrected chi connectivity index (χ1v) is 11.9. The predicted octanol–water partition coefficient (Wildman–Crippen LogP) is 2.63. The standard InChI is InChI=1S/C26H25N5O4/c32-24-5-1-4-22-18-9-19(15-29(22)24)25-21(26(33)28-13-16-3-2-8-27-12-16)11-17-10-20(31(34)35)6-7-23(17)30(25)14-18/h1-8,10,12,18-19,21,25H,9,11,13-15H2,(H,28,33)/t18?,19?,21-,25?/m1/s1. The molecule has 5 heterocycles. The predicted molar refractivity (Wildman–Crippen MR) is 129 cm³/mol. The Morgan fingerprint density at radius 3 is 2.86 bits per heavy atom. The van der Waals surface area contributed by atoms with Crippen LogP contribution in [0.4, 0.5) is 11.4 Å². The third-order valence-electron chi connectivity index (χ3n) is 7.73. The van der Waals surface area contributed by atoms with E-state index in [4.69, 9.17) is 0 Å². The zero-order valence-electron chi connectivity index (χ0n) is 19.0. The lowest BCUT2D eigenvalue weighted by Gasteiger charge is -2.54. The molecule has 178 valence electrons. The summed E-state index contributed by atoms with van der Waals surface area (Å²) in [5, 5.41) is 14.5. The molecule has 4 atom stereocenters. The maximum atomic E-state index is 13.6. The fraction of sp³-hybridized carbons (Fsp3) is 0.346. The summed E-state index contributed by atoms with van der Waals surface area (Å²) < 4.78 is 1.87. The topological polar surface area (TPSA) is 110 Å². The van der Waals surface area contributed by atoms with Gasteiger partial charge >= 0.3 is 0 Å². The molecule has 6 rings (SSSR count). The minimum atomic E-state index is -0.391. The summed E-state index contributed by atoms with van der Waals surface area (Å²) in [5.41, 5.74) is 3.74. The zero-order valence-corrected chi connectivity index (χ0v) is 19.0. The van der Waals surface area contributed by atoms with Gasteiger partial charge in [0.1, 0.15) is 0 Å². The van der Waals surface area contributed by atoms with E-state index in [0.717, 1.165) is 28.9 Å². The van der Waals surface area contributed by atoms with E-state index in [2.05, 4.69) is 15.2 Å². The van der Waals surface area contributed by atoms with Crippen molar-refractivity contribution < 1.29 is 9.72 Å². The van der Waals surface area contributed by atoms with Gasteiger partial charge in [0.05, 0.1) is 10.8 Å². The molecule has 0 aliphatic carbocycles. The van der Waals surface area contributed by atoms with Crippen molar-refractivity contribution in [3.63, 3.8) is 0 Å². The van der Waals surface area contributed by atoms with Gasteiger partial charge in [0.2, 0.25) is 5.91 Å². The number of benzene rings is 1. The second-order valence-electron chi connectivity index (χ2n) is 9.69. The fourth-order valence-corrected chi connectivity index (χ4v) is 6.27. The van der Waals surface area contributed by atoms with Crippen LogP contribution in [0.2, 0.25) is 0 Å². The van der Waals surface area contributed by atoms with Crippen LogP contribution in [0.25, 0.3) is 0 Å². The number of nitro benzene ring substituents is 1. The second kappa shape index (κ2) is 8.33. The molecule has 1 saturated heterocycles. The fourth-order valence-electron chi connectivity index (χ4n) is 6.27. The van der Waals surface area contributed by atoms with Gasteiger partial charge in [-0.05, 0) is 48.1 Å². The molecular formula is C26H25N5O4. The number of nitro groups is 1. The summed E-state index contributed by atoms with van der Waals surface area (Å²) in [6.07, 6.45) is 4.76. The normalized spacial score (nSPS) is 24.1. The highest BCUT2D eigenvalue weighted by molar-refractivity contribution is 5.82. The Morgan fingerprint density at radius 1 is 1.17 bits per heavy atom. The highest BCUT2D eigenvalue weighted by Gasteiger charge is 2.49. The number of carbonyl (C=O) groups is 1. The van der Waals surface area contributed by atoms with Crippen LogP contribution in [0.15, 0.2) is 65.7 Å². The molecule has 35 heavy (non-hydrogen) atoms. The first-order valence-electron chi connectivity index (χ1n) is 11.9.